The first-order valence-corrected chi connectivity index (χ1v) is 7.44. The average Bonchev–Trinajstić information content (AvgIpc) is 2.47. The summed E-state index contributed by atoms with van der Waals surface area (Å²) >= 11 is 0. The van der Waals surface area contributed by atoms with Gasteiger partial charge in [-0.1, -0.05) is 18.2 Å². The lowest BCUT2D eigenvalue weighted by molar-refractivity contribution is -0.0872. The van der Waals surface area contributed by atoms with E-state index in [9.17, 15) is 5.11 Å². The summed E-state index contributed by atoms with van der Waals surface area (Å²) in [4.78, 5) is 2.22. The lowest BCUT2D eigenvalue weighted by Gasteiger charge is -2.35. The number of nitrogens with zero attached hydrogens (tertiary/aromatic N) is 1. The molecule has 0 radical (unpaired) electrons. The Hall–Kier alpha value is -1.10. The standard InChI is InChI=1S/C16H23NO3/c1-17-7-9-20-16(11-17)14(18)10-12-6-8-19-15-5-3-2-4-13(12)15/h2-5,12,14,16,18H,6-11H2,1H3. The number of ether oxygens (including phenoxy) is 2. The van der Waals surface area contributed by atoms with Crippen LogP contribution in [0.4, 0.5) is 0 Å². The van der Waals surface area contributed by atoms with Crippen molar-refractivity contribution in [1.82, 2.24) is 4.90 Å². The van der Waals surface area contributed by atoms with E-state index in [1.165, 1.54) is 5.56 Å². The first-order chi connectivity index (χ1) is 9.74. The van der Waals surface area contributed by atoms with Crippen LogP contribution < -0.4 is 4.74 Å². The number of likely N-dealkylation sites (N-methyl/N-ethyl adjacent to an activating group) is 1. The second kappa shape index (κ2) is 6.12. The minimum Gasteiger partial charge on any atom is -0.493 e. The molecule has 2 aliphatic heterocycles. The van der Waals surface area contributed by atoms with Crippen LogP contribution in [0.3, 0.4) is 0 Å². The van der Waals surface area contributed by atoms with Crippen molar-refractivity contribution in [3.63, 3.8) is 0 Å². The molecule has 3 rings (SSSR count). The third-order valence-corrected chi connectivity index (χ3v) is 4.33. The van der Waals surface area contributed by atoms with Crippen LogP contribution in [0.5, 0.6) is 5.75 Å². The third kappa shape index (κ3) is 2.97. The molecule has 2 heterocycles. The van der Waals surface area contributed by atoms with E-state index in [0.717, 1.165) is 38.3 Å². The zero-order chi connectivity index (χ0) is 13.9. The largest absolute Gasteiger partial charge is 0.493 e. The van der Waals surface area contributed by atoms with Crippen LogP contribution in [0, 0.1) is 0 Å². The van der Waals surface area contributed by atoms with Crippen LogP contribution in [0.2, 0.25) is 0 Å². The third-order valence-electron chi connectivity index (χ3n) is 4.33. The van der Waals surface area contributed by atoms with Gasteiger partial charge in [0.05, 0.1) is 25.4 Å². The molecule has 3 unspecified atom stereocenters. The maximum absolute atomic E-state index is 10.5. The van der Waals surface area contributed by atoms with E-state index in [1.54, 1.807) is 0 Å². The van der Waals surface area contributed by atoms with Crippen molar-refractivity contribution >= 4 is 0 Å². The highest BCUT2D eigenvalue weighted by atomic mass is 16.5. The zero-order valence-electron chi connectivity index (χ0n) is 12.0. The van der Waals surface area contributed by atoms with Gasteiger partial charge in [0, 0.05) is 13.1 Å². The van der Waals surface area contributed by atoms with Crippen molar-refractivity contribution < 1.29 is 14.6 Å². The molecule has 0 aromatic heterocycles. The predicted molar refractivity (Wildman–Crippen MR) is 77.2 cm³/mol. The number of hydrogen-bond donors (Lipinski definition) is 1. The molecule has 1 saturated heterocycles. The molecule has 1 aromatic rings. The zero-order valence-corrected chi connectivity index (χ0v) is 12.0. The summed E-state index contributed by atoms with van der Waals surface area (Å²) in [7, 11) is 2.08. The van der Waals surface area contributed by atoms with Crippen molar-refractivity contribution in [1.29, 1.82) is 0 Å². The predicted octanol–water partition coefficient (Wildman–Crippen LogP) is 1.63. The van der Waals surface area contributed by atoms with Gasteiger partial charge in [-0.2, -0.15) is 0 Å². The molecular formula is C16H23NO3. The molecule has 1 fully saturated rings. The number of fused-ring (bicyclic) bond motifs is 1. The topological polar surface area (TPSA) is 41.9 Å². The Morgan fingerprint density at radius 2 is 2.20 bits per heavy atom. The van der Waals surface area contributed by atoms with Crippen molar-refractivity contribution in [2.45, 2.75) is 31.0 Å². The van der Waals surface area contributed by atoms with Gasteiger partial charge in [-0.05, 0) is 37.4 Å². The van der Waals surface area contributed by atoms with E-state index in [4.69, 9.17) is 9.47 Å². The molecule has 110 valence electrons. The number of aliphatic hydroxyl groups excluding tert-OH is 1. The molecule has 1 aromatic carbocycles. The van der Waals surface area contributed by atoms with Crippen LogP contribution >= 0.6 is 0 Å². The van der Waals surface area contributed by atoms with E-state index in [-0.39, 0.29) is 6.10 Å². The fourth-order valence-electron chi connectivity index (χ4n) is 3.15. The molecule has 20 heavy (non-hydrogen) atoms. The minimum absolute atomic E-state index is 0.0660. The molecular weight excluding hydrogens is 254 g/mol. The van der Waals surface area contributed by atoms with Gasteiger partial charge in [0.25, 0.3) is 0 Å². The van der Waals surface area contributed by atoms with Gasteiger partial charge in [0.2, 0.25) is 0 Å². The molecule has 0 aliphatic carbocycles. The number of para-hydroxylation sites is 1. The van der Waals surface area contributed by atoms with Gasteiger partial charge in [-0.3, -0.25) is 0 Å². The SMILES string of the molecule is CN1CCOC(C(O)CC2CCOc3ccccc32)C1. The highest BCUT2D eigenvalue weighted by Gasteiger charge is 2.30. The lowest BCUT2D eigenvalue weighted by Crippen LogP contribution is -2.46. The summed E-state index contributed by atoms with van der Waals surface area (Å²) in [5.74, 6) is 1.34. The Morgan fingerprint density at radius 1 is 1.35 bits per heavy atom. The molecule has 4 nitrogen and oxygen atoms in total. The van der Waals surface area contributed by atoms with E-state index < -0.39 is 6.10 Å². The maximum Gasteiger partial charge on any atom is 0.122 e. The molecule has 4 heteroatoms. The summed E-state index contributed by atoms with van der Waals surface area (Å²) in [6.07, 6.45) is 1.24. The van der Waals surface area contributed by atoms with Crippen LogP contribution in [0.1, 0.15) is 24.3 Å². The van der Waals surface area contributed by atoms with E-state index >= 15 is 0 Å². The number of hydrogen-bond acceptors (Lipinski definition) is 4. The van der Waals surface area contributed by atoms with E-state index in [1.807, 2.05) is 18.2 Å². The maximum atomic E-state index is 10.5. The molecule has 0 amide bonds. The Bertz CT molecular complexity index is 451. The van der Waals surface area contributed by atoms with E-state index in [0.29, 0.717) is 12.5 Å². The Balaban J connectivity index is 1.66. The van der Waals surface area contributed by atoms with Gasteiger partial charge >= 0.3 is 0 Å². The average molecular weight is 277 g/mol. The molecule has 0 saturated carbocycles. The molecule has 3 atom stereocenters. The van der Waals surface area contributed by atoms with Crippen molar-refractivity contribution in [3.8, 4) is 5.75 Å². The Morgan fingerprint density at radius 3 is 3.05 bits per heavy atom. The summed E-state index contributed by atoms with van der Waals surface area (Å²) in [6, 6.07) is 8.16. The van der Waals surface area contributed by atoms with Crippen molar-refractivity contribution in [3.05, 3.63) is 29.8 Å². The fraction of sp³-hybridized carbons (Fsp3) is 0.625. The number of rotatable bonds is 3. The quantitative estimate of drug-likeness (QED) is 0.912. The highest BCUT2D eigenvalue weighted by Crippen LogP contribution is 2.36. The fourth-order valence-corrected chi connectivity index (χ4v) is 3.15. The summed E-state index contributed by atoms with van der Waals surface area (Å²) < 4.78 is 11.4. The van der Waals surface area contributed by atoms with Crippen LogP contribution in [-0.4, -0.2) is 55.6 Å². The van der Waals surface area contributed by atoms with E-state index in [2.05, 4.69) is 18.0 Å². The van der Waals surface area contributed by atoms with Gasteiger partial charge in [0.1, 0.15) is 5.75 Å². The van der Waals surface area contributed by atoms with Crippen LogP contribution in [0.15, 0.2) is 24.3 Å². The second-order valence-corrected chi connectivity index (χ2v) is 5.85. The summed E-state index contributed by atoms with van der Waals surface area (Å²) in [6.45, 7) is 3.21. The van der Waals surface area contributed by atoms with Gasteiger partial charge < -0.3 is 19.5 Å². The molecule has 1 N–H and O–H groups in total. The highest BCUT2D eigenvalue weighted by molar-refractivity contribution is 5.37. The molecule has 0 bridgehead atoms. The van der Waals surface area contributed by atoms with Crippen LogP contribution in [-0.2, 0) is 4.74 Å². The minimum atomic E-state index is -0.408. The first kappa shape index (κ1) is 13.9. The molecule has 0 spiro atoms. The van der Waals surface area contributed by atoms with Crippen LogP contribution in [0.25, 0.3) is 0 Å². The van der Waals surface area contributed by atoms with Gasteiger partial charge in [-0.15, -0.1) is 0 Å². The van der Waals surface area contributed by atoms with Crippen molar-refractivity contribution in [2.24, 2.45) is 0 Å². The number of benzene rings is 1. The number of morpholine rings is 1. The smallest absolute Gasteiger partial charge is 0.122 e. The normalized spacial score (nSPS) is 28.5. The Labute approximate surface area is 120 Å². The monoisotopic (exact) mass is 277 g/mol. The Kier molecular flexibility index (Phi) is 4.24. The first-order valence-electron chi connectivity index (χ1n) is 7.44. The lowest BCUT2D eigenvalue weighted by atomic mass is 9.87. The summed E-state index contributed by atoms with van der Waals surface area (Å²) in [5.41, 5.74) is 1.22. The molecule has 2 aliphatic rings. The second-order valence-electron chi connectivity index (χ2n) is 5.85. The summed E-state index contributed by atoms with van der Waals surface area (Å²) in [5, 5.41) is 10.5. The van der Waals surface area contributed by atoms with Gasteiger partial charge in [0.15, 0.2) is 0 Å². The van der Waals surface area contributed by atoms with Gasteiger partial charge in [-0.25, -0.2) is 0 Å². The van der Waals surface area contributed by atoms with Crippen molar-refractivity contribution in [2.75, 3.05) is 33.4 Å². The number of aliphatic hydroxyl groups is 1.